The first-order valence-electron chi connectivity index (χ1n) is 10.5. The van der Waals surface area contributed by atoms with E-state index in [0.29, 0.717) is 0 Å². The summed E-state index contributed by atoms with van der Waals surface area (Å²) >= 11 is 0. The van der Waals surface area contributed by atoms with Crippen molar-refractivity contribution in [1.29, 1.82) is 0 Å². The van der Waals surface area contributed by atoms with Crippen molar-refractivity contribution in [3.05, 3.63) is 47.0 Å². The molecule has 24 heavy (non-hydrogen) atoms. The summed E-state index contributed by atoms with van der Waals surface area (Å²) < 4.78 is 0. The summed E-state index contributed by atoms with van der Waals surface area (Å²) in [7, 11) is 0. The van der Waals surface area contributed by atoms with Crippen LogP contribution in [0.3, 0.4) is 0 Å². The van der Waals surface area contributed by atoms with Gasteiger partial charge in [-0.05, 0) is 111 Å². The smallest absolute Gasteiger partial charge is 0.0159 e. The lowest BCUT2D eigenvalue weighted by Gasteiger charge is -2.42. The Morgan fingerprint density at radius 1 is 0.917 bits per heavy atom. The molecule has 0 nitrogen and oxygen atoms in total. The van der Waals surface area contributed by atoms with E-state index in [1.807, 2.05) is 0 Å². The van der Waals surface area contributed by atoms with Crippen LogP contribution in [0.25, 0.3) is 0 Å². The molecule has 0 bridgehead atoms. The number of fused-ring (bicyclic) bond motifs is 2. The highest BCUT2D eigenvalue weighted by molar-refractivity contribution is 5.36. The summed E-state index contributed by atoms with van der Waals surface area (Å²) in [5.41, 5.74) is 4.97. The van der Waals surface area contributed by atoms with Crippen molar-refractivity contribution in [3.63, 3.8) is 0 Å². The van der Waals surface area contributed by atoms with Gasteiger partial charge >= 0.3 is 0 Å². The fourth-order valence-corrected chi connectivity index (χ4v) is 5.89. The fourth-order valence-electron chi connectivity index (χ4n) is 5.89. The largest absolute Gasteiger partial charge is 0.0914 e. The third-order valence-corrected chi connectivity index (χ3v) is 7.29. The van der Waals surface area contributed by atoms with Crippen LogP contribution in [-0.2, 0) is 12.8 Å². The van der Waals surface area contributed by atoms with Gasteiger partial charge in [0.1, 0.15) is 0 Å². The third kappa shape index (κ3) is 3.35. The first kappa shape index (κ1) is 16.4. The van der Waals surface area contributed by atoms with Crippen molar-refractivity contribution < 1.29 is 0 Å². The molecule has 0 radical (unpaired) electrons. The highest BCUT2D eigenvalue weighted by atomic mass is 14.4. The van der Waals surface area contributed by atoms with Crippen LogP contribution < -0.4 is 0 Å². The number of hydrogen-bond acceptors (Lipinski definition) is 0. The van der Waals surface area contributed by atoms with Gasteiger partial charge in [-0.3, -0.25) is 0 Å². The zero-order chi connectivity index (χ0) is 16.5. The molecule has 0 heteroatoms. The Kier molecular flexibility index (Phi) is 4.83. The fraction of sp³-hybridized carbons (Fsp3) is 0.667. The van der Waals surface area contributed by atoms with E-state index in [1.54, 1.807) is 16.7 Å². The zero-order valence-electron chi connectivity index (χ0n) is 15.6. The van der Waals surface area contributed by atoms with Crippen molar-refractivity contribution in [2.24, 2.45) is 23.7 Å². The van der Waals surface area contributed by atoms with Crippen molar-refractivity contribution in [2.45, 2.75) is 77.6 Å². The van der Waals surface area contributed by atoms with E-state index in [4.69, 9.17) is 0 Å². The molecule has 1 aromatic rings. The molecular weight excluding hydrogens is 288 g/mol. The lowest BCUT2D eigenvalue weighted by Crippen LogP contribution is -2.30. The van der Waals surface area contributed by atoms with Crippen molar-refractivity contribution in [3.8, 4) is 0 Å². The number of rotatable bonds is 2. The SMILES string of the molecule is C/C=C/C1CCC2CC(c3ccc4c(c3)CCC(C)C4)CCC2C1. The second-order valence-corrected chi connectivity index (χ2v) is 9.01. The van der Waals surface area contributed by atoms with Crippen LogP contribution in [-0.4, -0.2) is 0 Å². The molecule has 0 saturated heterocycles. The van der Waals surface area contributed by atoms with E-state index >= 15 is 0 Å². The molecule has 130 valence electrons. The van der Waals surface area contributed by atoms with Gasteiger partial charge in [0.05, 0.1) is 0 Å². The van der Waals surface area contributed by atoms with Crippen molar-refractivity contribution in [2.75, 3.05) is 0 Å². The summed E-state index contributed by atoms with van der Waals surface area (Å²) in [6, 6.07) is 7.54. The van der Waals surface area contributed by atoms with Gasteiger partial charge in [-0.15, -0.1) is 0 Å². The number of hydrogen-bond donors (Lipinski definition) is 0. The first-order valence-corrected chi connectivity index (χ1v) is 10.5. The van der Waals surface area contributed by atoms with Crippen LogP contribution >= 0.6 is 0 Å². The monoisotopic (exact) mass is 322 g/mol. The van der Waals surface area contributed by atoms with Crippen LogP contribution in [0.2, 0.25) is 0 Å². The lowest BCUT2D eigenvalue weighted by atomic mass is 9.63. The molecule has 0 aromatic heterocycles. The summed E-state index contributed by atoms with van der Waals surface area (Å²) in [4.78, 5) is 0. The molecule has 0 N–H and O–H groups in total. The maximum absolute atomic E-state index is 2.59. The van der Waals surface area contributed by atoms with Gasteiger partial charge in [-0.2, -0.15) is 0 Å². The Morgan fingerprint density at radius 3 is 2.62 bits per heavy atom. The molecule has 4 rings (SSSR count). The highest BCUT2D eigenvalue weighted by Crippen LogP contribution is 2.48. The Balaban J connectivity index is 1.44. The van der Waals surface area contributed by atoms with E-state index < -0.39 is 0 Å². The van der Waals surface area contributed by atoms with Gasteiger partial charge in [0, 0.05) is 0 Å². The summed E-state index contributed by atoms with van der Waals surface area (Å²) in [6.07, 6.45) is 17.5. The standard InChI is InChI=1S/C24H34/c1-3-4-18-6-8-22-16-24(12-10-20(22)14-18)23-11-9-19-13-17(2)5-7-21(19)15-23/h3-4,9,11,15,17-18,20,22,24H,5-8,10,12-14,16H2,1-2H3/b4-3+. The quantitative estimate of drug-likeness (QED) is 0.532. The second-order valence-electron chi connectivity index (χ2n) is 9.01. The molecule has 1 aromatic carbocycles. The van der Waals surface area contributed by atoms with Crippen molar-refractivity contribution >= 4 is 0 Å². The van der Waals surface area contributed by atoms with Gasteiger partial charge in [0.2, 0.25) is 0 Å². The normalized spacial score (nSPS) is 36.3. The van der Waals surface area contributed by atoms with E-state index in [1.165, 1.54) is 57.8 Å². The van der Waals surface area contributed by atoms with Crippen LogP contribution in [0.4, 0.5) is 0 Å². The lowest BCUT2D eigenvalue weighted by molar-refractivity contribution is 0.133. The van der Waals surface area contributed by atoms with E-state index in [2.05, 4.69) is 44.2 Å². The first-order chi connectivity index (χ1) is 11.7. The molecule has 0 heterocycles. The third-order valence-electron chi connectivity index (χ3n) is 7.29. The van der Waals surface area contributed by atoms with Crippen LogP contribution in [0, 0.1) is 23.7 Å². The summed E-state index contributed by atoms with van der Waals surface area (Å²) in [5, 5.41) is 0. The minimum Gasteiger partial charge on any atom is -0.0914 e. The molecular formula is C24H34. The molecule has 0 spiro atoms. The number of aryl methyl sites for hydroxylation is 1. The topological polar surface area (TPSA) is 0 Å². The minimum atomic E-state index is 0.842. The number of allylic oxidation sites excluding steroid dienone is 2. The Labute approximate surface area is 148 Å². The summed E-state index contributed by atoms with van der Waals surface area (Å²) in [5.74, 6) is 4.61. The molecule has 2 fully saturated rings. The van der Waals surface area contributed by atoms with Crippen LogP contribution in [0.1, 0.15) is 81.4 Å². The molecule has 0 aliphatic heterocycles. The van der Waals surface area contributed by atoms with Gasteiger partial charge in [-0.25, -0.2) is 0 Å². The van der Waals surface area contributed by atoms with Crippen LogP contribution in [0.5, 0.6) is 0 Å². The Hall–Kier alpha value is -1.04. The second kappa shape index (κ2) is 7.06. The maximum atomic E-state index is 2.59. The van der Waals surface area contributed by atoms with Gasteiger partial charge in [-0.1, -0.05) is 37.3 Å². The predicted molar refractivity (Wildman–Crippen MR) is 103 cm³/mol. The number of benzene rings is 1. The molecule has 2 saturated carbocycles. The van der Waals surface area contributed by atoms with Gasteiger partial charge in [0.25, 0.3) is 0 Å². The van der Waals surface area contributed by atoms with Gasteiger partial charge < -0.3 is 0 Å². The van der Waals surface area contributed by atoms with Crippen LogP contribution in [0.15, 0.2) is 30.4 Å². The van der Waals surface area contributed by atoms with E-state index in [9.17, 15) is 0 Å². The maximum Gasteiger partial charge on any atom is -0.0159 e. The Morgan fingerprint density at radius 2 is 1.75 bits per heavy atom. The molecule has 5 atom stereocenters. The van der Waals surface area contributed by atoms with Crippen molar-refractivity contribution in [1.82, 2.24) is 0 Å². The highest BCUT2D eigenvalue weighted by Gasteiger charge is 2.35. The molecule has 0 amide bonds. The molecule has 5 unspecified atom stereocenters. The molecule has 3 aliphatic carbocycles. The average Bonchev–Trinajstić information content (AvgIpc) is 2.61. The minimum absolute atomic E-state index is 0.842. The van der Waals surface area contributed by atoms with Gasteiger partial charge in [0.15, 0.2) is 0 Å². The molecule has 3 aliphatic rings. The predicted octanol–water partition coefficient (Wildman–Crippen LogP) is 6.69. The average molecular weight is 323 g/mol. The summed E-state index contributed by atoms with van der Waals surface area (Å²) in [6.45, 7) is 4.59. The van der Waals surface area contributed by atoms with E-state index in [-0.39, 0.29) is 0 Å². The zero-order valence-corrected chi connectivity index (χ0v) is 15.6. The Bertz CT molecular complexity index is 596. The van der Waals surface area contributed by atoms with E-state index in [0.717, 1.165) is 29.6 Å².